The lowest BCUT2D eigenvalue weighted by molar-refractivity contribution is 0.0519. The van der Waals surface area contributed by atoms with Crippen molar-refractivity contribution in [3.8, 4) is 11.1 Å². The molecule has 0 aliphatic carbocycles. The largest absolute Gasteiger partial charge is 0.462 e. The predicted molar refractivity (Wildman–Crippen MR) is 122 cm³/mol. The van der Waals surface area contributed by atoms with Crippen LogP contribution in [0.5, 0.6) is 0 Å². The van der Waals surface area contributed by atoms with Gasteiger partial charge >= 0.3 is 11.9 Å². The minimum atomic E-state index is -0.667. The lowest BCUT2D eigenvalue weighted by Gasteiger charge is -2.08. The number of esters is 2. The van der Waals surface area contributed by atoms with Crippen molar-refractivity contribution >= 4 is 51.4 Å². The number of ether oxygens (including phenoxy) is 2. The average molecular weight is 450 g/mol. The van der Waals surface area contributed by atoms with Crippen LogP contribution in [0.4, 0.5) is 11.8 Å². The maximum absolute atomic E-state index is 12.7. The van der Waals surface area contributed by atoms with Gasteiger partial charge < -0.3 is 29.8 Å². The molecule has 9 nitrogen and oxygen atoms in total. The monoisotopic (exact) mass is 450 g/mol. The molecule has 0 aliphatic heterocycles. The molecule has 170 valence electrons. The maximum Gasteiger partial charge on any atom is 0.344 e. The number of hydrogen-bond donors (Lipinski definition) is 2. The van der Waals surface area contributed by atoms with E-state index < -0.39 is 11.9 Å². The van der Waals surface area contributed by atoms with E-state index in [1.165, 1.54) is 13.0 Å². The fraction of sp³-hybridized carbons (Fsp3) is 0.208. The number of anilines is 2. The van der Waals surface area contributed by atoms with Gasteiger partial charge in [0, 0.05) is 21.9 Å². The van der Waals surface area contributed by atoms with E-state index in [4.69, 9.17) is 29.8 Å². The molecule has 4 rings (SSSR count). The zero-order chi connectivity index (χ0) is 23.9. The Morgan fingerprint density at radius 3 is 2.03 bits per heavy atom. The average Bonchev–Trinajstić information content (AvgIpc) is 3.27. The van der Waals surface area contributed by atoms with E-state index in [0.29, 0.717) is 27.5 Å². The van der Waals surface area contributed by atoms with Gasteiger partial charge in [0.1, 0.15) is 22.3 Å². The molecule has 0 radical (unpaired) electrons. The van der Waals surface area contributed by atoms with Gasteiger partial charge in [0.05, 0.1) is 13.2 Å². The number of hydrogen-bond acceptors (Lipinski definition) is 9. The summed E-state index contributed by atoms with van der Waals surface area (Å²) < 4.78 is 21.8. The van der Waals surface area contributed by atoms with E-state index in [1.807, 2.05) is 0 Å². The van der Waals surface area contributed by atoms with Crippen LogP contribution < -0.4 is 11.5 Å². The van der Waals surface area contributed by atoms with Crippen molar-refractivity contribution in [1.82, 2.24) is 0 Å². The smallest absolute Gasteiger partial charge is 0.344 e. The summed E-state index contributed by atoms with van der Waals surface area (Å²) in [5.41, 5.74) is 14.2. The highest BCUT2D eigenvalue weighted by atomic mass is 16.5. The van der Waals surface area contributed by atoms with Crippen LogP contribution in [0.15, 0.2) is 39.2 Å². The van der Waals surface area contributed by atoms with Gasteiger partial charge in [0.25, 0.3) is 0 Å². The van der Waals surface area contributed by atoms with Crippen molar-refractivity contribution in [3.05, 3.63) is 47.0 Å². The van der Waals surface area contributed by atoms with Crippen LogP contribution in [0, 0.1) is 0 Å². The normalized spacial score (nSPS) is 11.1. The summed E-state index contributed by atoms with van der Waals surface area (Å²) in [6, 6.07) is 8.23. The third-order valence-electron chi connectivity index (χ3n) is 5.23. The maximum atomic E-state index is 12.7. The Morgan fingerprint density at radius 1 is 0.879 bits per heavy atom. The second-order valence-electron chi connectivity index (χ2n) is 7.26. The highest BCUT2D eigenvalue weighted by Crippen LogP contribution is 2.45. The van der Waals surface area contributed by atoms with E-state index in [-0.39, 0.29) is 53.1 Å². The molecule has 9 heteroatoms. The first kappa shape index (κ1) is 21.9. The van der Waals surface area contributed by atoms with Gasteiger partial charge in [0.15, 0.2) is 5.78 Å². The van der Waals surface area contributed by atoms with E-state index in [9.17, 15) is 14.4 Å². The standard InChI is InChI=1S/C24H22N2O7/c1-4-30-23(28)17-14-10-15-18(19(22(26)32-15)24(29)31-5-2)16(20(14)33-21(17)25)13-8-6-12(7-9-13)11(3)27/h6-10H,4-5,25-26H2,1-3H3. The topological polar surface area (TPSA) is 148 Å². The lowest BCUT2D eigenvalue weighted by Crippen LogP contribution is -2.07. The first-order valence-corrected chi connectivity index (χ1v) is 10.3. The molecule has 2 aromatic heterocycles. The molecule has 0 atom stereocenters. The highest BCUT2D eigenvalue weighted by Gasteiger charge is 2.30. The number of nitrogens with two attached hydrogens (primary N) is 2. The SMILES string of the molecule is CCOC(=O)c1c(N)oc2c(-c3ccc(C(C)=O)cc3)c3c(C(=O)OCC)c(N)oc3cc12. The molecule has 4 N–H and O–H groups in total. The Hall–Kier alpha value is -4.27. The van der Waals surface area contributed by atoms with Crippen molar-refractivity contribution in [3.63, 3.8) is 0 Å². The fourth-order valence-corrected chi connectivity index (χ4v) is 3.81. The van der Waals surface area contributed by atoms with Gasteiger partial charge in [-0.2, -0.15) is 0 Å². The quantitative estimate of drug-likeness (QED) is 0.318. The number of carbonyl (C=O) groups excluding carboxylic acids is 3. The highest BCUT2D eigenvalue weighted by molar-refractivity contribution is 6.22. The van der Waals surface area contributed by atoms with Crippen molar-refractivity contribution < 1.29 is 32.7 Å². The van der Waals surface area contributed by atoms with Gasteiger partial charge in [-0.15, -0.1) is 0 Å². The van der Waals surface area contributed by atoms with Crippen LogP contribution in [0.25, 0.3) is 33.1 Å². The Labute approximate surface area is 188 Å². The predicted octanol–water partition coefficient (Wildman–Crippen LogP) is 4.57. The van der Waals surface area contributed by atoms with Crippen LogP contribution in [0.1, 0.15) is 51.8 Å². The molecule has 33 heavy (non-hydrogen) atoms. The minimum absolute atomic E-state index is 0.0343. The first-order chi connectivity index (χ1) is 15.8. The zero-order valence-electron chi connectivity index (χ0n) is 18.3. The number of Topliss-reactive ketones (excluding diaryl/α,β-unsaturated/α-hetero) is 1. The number of nitrogen functional groups attached to an aromatic ring is 2. The third kappa shape index (κ3) is 3.57. The van der Waals surface area contributed by atoms with E-state index in [0.717, 1.165) is 0 Å². The summed E-state index contributed by atoms with van der Waals surface area (Å²) in [5.74, 6) is -1.70. The van der Waals surface area contributed by atoms with Gasteiger partial charge in [-0.3, -0.25) is 4.79 Å². The molecule has 0 unspecified atom stereocenters. The molecule has 0 bridgehead atoms. The number of ketones is 1. The number of rotatable bonds is 6. The van der Waals surface area contributed by atoms with E-state index in [2.05, 4.69) is 0 Å². The third-order valence-corrected chi connectivity index (χ3v) is 5.23. The summed E-state index contributed by atoms with van der Waals surface area (Å²) in [6.45, 7) is 5.09. The van der Waals surface area contributed by atoms with E-state index in [1.54, 1.807) is 38.1 Å². The summed E-state index contributed by atoms with van der Waals surface area (Å²) in [7, 11) is 0. The zero-order valence-corrected chi connectivity index (χ0v) is 18.3. The lowest BCUT2D eigenvalue weighted by atomic mass is 9.95. The van der Waals surface area contributed by atoms with Gasteiger partial charge in [-0.25, -0.2) is 9.59 Å². The van der Waals surface area contributed by atoms with E-state index >= 15 is 0 Å². The van der Waals surface area contributed by atoms with Crippen molar-refractivity contribution in [1.29, 1.82) is 0 Å². The summed E-state index contributed by atoms with van der Waals surface area (Å²) in [4.78, 5) is 37.1. The molecule has 0 amide bonds. The van der Waals surface area contributed by atoms with Crippen molar-refractivity contribution in [2.75, 3.05) is 24.7 Å². The molecule has 0 saturated heterocycles. The van der Waals surface area contributed by atoms with Crippen molar-refractivity contribution in [2.24, 2.45) is 0 Å². The molecule has 4 aromatic rings. The van der Waals surface area contributed by atoms with Crippen molar-refractivity contribution in [2.45, 2.75) is 20.8 Å². The second kappa shape index (κ2) is 8.34. The number of fused-ring (bicyclic) bond motifs is 2. The Bertz CT molecular complexity index is 1410. The molecule has 2 heterocycles. The number of carbonyl (C=O) groups is 3. The molecular weight excluding hydrogens is 428 g/mol. The Kier molecular flexibility index (Phi) is 5.55. The minimum Gasteiger partial charge on any atom is -0.462 e. The summed E-state index contributed by atoms with van der Waals surface area (Å²) >= 11 is 0. The fourth-order valence-electron chi connectivity index (χ4n) is 3.81. The van der Waals surface area contributed by atoms with Crippen LogP contribution in [-0.2, 0) is 9.47 Å². The first-order valence-electron chi connectivity index (χ1n) is 10.3. The number of furan rings is 2. The Balaban J connectivity index is 2.13. The summed E-state index contributed by atoms with van der Waals surface area (Å²) in [5, 5.41) is 0.687. The Morgan fingerprint density at radius 2 is 1.45 bits per heavy atom. The van der Waals surface area contributed by atoms with Crippen LogP contribution >= 0.6 is 0 Å². The second-order valence-corrected chi connectivity index (χ2v) is 7.26. The van der Waals surface area contributed by atoms with Gasteiger partial charge in [-0.05, 0) is 32.4 Å². The number of benzene rings is 2. The molecular formula is C24H22N2O7. The molecule has 0 aliphatic rings. The summed E-state index contributed by atoms with van der Waals surface area (Å²) in [6.07, 6.45) is 0. The molecule has 0 saturated carbocycles. The molecule has 0 fully saturated rings. The molecule has 0 spiro atoms. The van der Waals surface area contributed by atoms with Crippen LogP contribution in [-0.4, -0.2) is 30.9 Å². The van der Waals surface area contributed by atoms with Gasteiger partial charge in [-0.1, -0.05) is 24.3 Å². The van der Waals surface area contributed by atoms with Gasteiger partial charge in [0.2, 0.25) is 11.8 Å². The van der Waals surface area contributed by atoms with Crippen LogP contribution in [0.3, 0.4) is 0 Å². The molecule has 2 aromatic carbocycles. The van der Waals surface area contributed by atoms with Crippen LogP contribution in [0.2, 0.25) is 0 Å².